The van der Waals surface area contributed by atoms with Crippen molar-refractivity contribution in [1.29, 1.82) is 0 Å². The van der Waals surface area contributed by atoms with Crippen molar-refractivity contribution < 1.29 is 38.1 Å². The van der Waals surface area contributed by atoms with Crippen LogP contribution < -0.4 is 18.9 Å². The lowest BCUT2D eigenvalue weighted by molar-refractivity contribution is -0.133. The molecule has 8 heteroatoms. The largest absolute Gasteiger partial charge is 0.426 e. The third kappa shape index (κ3) is 4.71. The van der Waals surface area contributed by atoms with Gasteiger partial charge in [-0.2, -0.15) is 0 Å². The van der Waals surface area contributed by atoms with Crippen molar-refractivity contribution in [2.75, 3.05) is 0 Å². The van der Waals surface area contributed by atoms with Crippen LogP contribution >= 0.6 is 0 Å². The zero-order valence-electron chi connectivity index (χ0n) is 19.4. The molecule has 34 heavy (non-hydrogen) atoms. The predicted molar refractivity (Wildman–Crippen MR) is 120 cm³/mol. The molecule has 0 spiro atoms. The second-order valence-corrected chi connectivity index (χ2v) is 8.33. The van der Waals surface area contributed by atoms with E-state index in [9.17, 15) is 19.2 Å². The van der Waals surface area contributed by atoms with Gasteiger partial charge in [0.25, 0.3) is 0 Å². The van der Waals surface area contributed by atoms with Crippen LogP contribution in [0.3, 0.4) is 0 Å². The number of allylic oxidation sites excluding steroid dienone is 2. The van der Waals surface area contributed by atoms with Gasteiger partial charge in [-0.3, -0.25) is 19.2 Å². The van der Waals surface area contributed by atoms with Crippen molar-refractivity contribution in [3.63, 3.8) is 0 Å². The van der Waals surface area contributed by atoms with Crippen molar-refractivity contribution >= 4 is 23.9 Å². The summed E-state index contributed by atoms with van der Waals surface area (Å²) in [5, 5.41) is 0. The second-order valence-electron chi connectivity index (χ2n) is 8.33. The molecule has 0 N–H and O–H groups in total. The van der Waals surface area contributed by atoms with Gasteiger partial charge in [-0.05, 0) is 49.9 Å². The Bertz CT molecular complexity index is 1080. The molecule has 176 valence electrons. The molecule has 4 rings (SSSR count). The molecular weight excluding hydrogens is 440 g/mol. The zero-order chi connectivity index (χ0) is 24.6. The van der Waals surface area contributed by atoms with E-state index in [1.807, 2.05) is 0 Å². The number of ether oxygens (including phenoxy) is 4. The Morgan fingerprint density at radius 2 is 0.676 bits per heavy atom. The maximum absolute atomic E-state index is 11.7. The highest BCUT2D eigenvalue weighted by molar-refractivity contribution is 5.75. The van der Waals surface area contributed by atoms with Crippen molar-refractivity contribution in [3.05, 3.63) is 57.7 Å². The zero-order valence-corrected chi connectivity index (χ0v) is 19.4. The van der Waals surface area contributed by atoms with Crippen molar-refractivity contribution in [3.8, 4) is 23.0 Å². The van der Waals surface area contributed by atoms with Gasteiger partial charge in [-0.15, -0.1) is 0 Å². The Hall–Kier alpha value is -3.94. The molecule has 0 aromatic heterocycles. The van der Waals surface area contributed by atoms with Gasteiger partial charge in [-0.1, -0.05) is 11.1 Å². The molecule has 0 bridgehead atoms. The molecule has 0 heterocycles. The number of carbonyl (C=O) groups is 4. The van der Waals surface area contributed by atoms with Crippen molar-refractivity contribution in [2.24, 2.45) is 0 Å². The lowest BCUT2D eigenvalue weighted by Crippen LogP contribution is -2.21. The number of carbonyl (C=O) groups excluding carboxylic acids is 4. The van der Waals surface area contributed by atoms with E-state index >= 15 is 0 Å². The first-order valence-electron chi connectivity index (χ1n) is 10.8. The van der Waals surface area contributed by atoms with E-state index in [0.717, 1.165) is 33.4 Å². The summed E-state index contributed by atoms with van der Waals surface area (Å²) in [6, 6.07) is 6.52. The molecule has 0 radical (unpaired) electrons. The highest BCUT2D eigenvalue weighted by atomic mass is 16.5. The van der Waals surface area contributed by atoms with E-state index in [4.69, 9.17) is 18.9 Å². The standard InChI is InChI=1S/C26H24O8/c1-13(27)31-23-5-6-24(32-14(2)28)20-10-18-12-22-21(11-17(18)9-19(20)23)25(33-15(3)29)7-8-26(22)34-16(4)30/h5-8H,9-12H2,1-4H3. The average Bonchev–Trinajstić information content (AvgIpc) is 2.73. The molecule has 0 amide bonds. The molecule has 0 saturated carbocycles. The highest BCUT2D eigenvalue weighted by Crippen LogP contribution is 2.45. The van der Waals surface area contributed by atoms with Crippen LogP contribution in [0.25, 0.3) is 0 Å². The molecule has 0 saturated heterocycles. The number of esters is 4. The lowest BCUT2D eigenvalue weighted by Gasteiger charge is -2.31. The second kappa shape index (κ2) is 9.13. The number of benzene rings is 2. The van der Waals surface area contributed by atoms with Crippen LogP contribution in [0.4, 0.5) is 0 Å². The lowest BCUT2D eigenvalue weighted by atomic mass is 9.75. The number of rotatable bonds is 4. The fraction of sp³-hybridized carbons (Fsp3) is 0.308. The van der Waals surface area contributed by atoms with Crippen LogP contribution in [0.1, 0.15) is 49.9 Å². The molecule has 2 aliphatic carbocycles. The first kappa shape index (κ1) is 23.2. The number of hydrogen-bond donors (Lipinski definition) is 0. The van der Waals surface area contributed by atoms with Crippen LogP contribution in [-0.2, 0) is 44.9 Å². The minimum Gasteiger partial charge on any atom is -0.426 e. The highest BCUT2D eigenvalue weighted by Gasteiger charge is 2.31. The van der Waals surface area contributed by atoms with Gasteiger partial charge in [0.15, 0.2) is 0 Å². The fourth-order valence-corrected chi connectivity index (χ4v) is 4.56. The Morgan fingerprint density at radius 1 is 0.471 bits per heavy atom. The molecular formula is C26H24O8. The Labute approximate surface area is 196 Å². The van der Waals surface area contributed by atoms with E-state index in [0.29, 0.717) is 48.7 Å². The van der Waals surface area contributed by atoms with Crippen LogP contribution in [0.2, 0.25) is 0 Å². The van der Waals surface area contributed by atoms with Gasteiger partial charge in [0.2, 0.25) is 0 Å². The average molecular weight is 464 g/mol. The minimum absolute atomic E-state index is 0.421. The topological polar surface area (TPSA) is 105 Å². The Balaban J connectivity index is 1.78. The van der Waals surface area contributed by atoms with Gasteiger partial charge >= 0.3 is 23.9 Å². The SMILES string of the molecule is CC(=O)Oc1ccc(OC(C)=O)c2c1CC1=C(C2)Cc2c(OC(C)=O)ccc(OC(C)=O)c2C1. The fourth-order valence-electron chi connectivity index (χ4n) is 4.56. The number of hydrogen-bond acceptors (Lipinski definition) is 8. The van der Waals surface area contributed by atoms with Crippen LogP contribution in [-0.4, -0.2) is 23.9 Å². The molecule has 8 nitrogen and oxygen atoms in total. The molecule has 2 aromatic carbocycles. The maximum atomic E-state index is 11.7. The molecule has 2 aromatic rings. The third-order valence-corrected chi connectivity index (χ3v) is 5.77. The monoisotopic (exact) mass is 464 g/mol. The van der Waals surface area contributed by atoms with Gasteiger partial charge < -0.3 is 18.9 Å². The summed E-state index contributed by atoms with van der Waals surface area (Å²) in [5.74, 6) is -0.0963. The first-order chi connectivity index (χ1) is 16.1. The Kier molecular flexibility index (Phi) is 6.24. The molecule has 0 fully saturated rings. The van der Waals surface area contributed by atoms with Crippen molar-refractivity contribution in [2.45, 2.75) is 53.4 Å². The summed E-state index contributed by atoms with van der Waals surface area (Å²) in [6.45, 7) is 5.33. The summed E-state index contributed by atoms with van der Waals surface area (Å²) >= 11 is 0. The first-order valence-corrected chi connectivity index (χ1v) is 10.8. The van der Waals surface area contributed by atoms with Gasteiger partial charge in [0.1, 0.15) is 23.0 Å². The van der Waals surface area contributed by atoms with Crippen LogP contribution in [0, 0.1) is 0 Å². The predicted octanol–water partition coefficient (Wildman–Crippen LogP) is 3.58. The number of fused-ring (bicyclic) bond motifs is 2. The molecule has 0 atom stereocenters. The maximum Gasteiger partial charge on any atom is 0.308 e. The third-order valence-electron chi connectivity index (χ3n) is 5.77. The molecule has 0 unspecified atom stereocenters. The van der Waals surface area contributed by atoms with E-state index in [1.54, 1.807) is 24.3 Å². The minimum atomic E-state index is -0.445. The Morgan fingerprint density at radius 3 is 0.853 bits per heavy atom. The van der Waals surface area contributed by atoms with E-state index < -0.39 is 23.9 Å². The van der Waals surface area contributed by atoms with Gasteiger partial charge in [0, 0.05) is 49.9 Å². The van der Waals surface area contributed by atoms with Crippen molar-refractivity contribution in [1.82, 2.24) is 0 Å². The summed E-state index contributed by atoms with van der Waals surface area (Å²) in [7, 11) is 0. The smallest absolute Gasteiger partial charge is 0.308 e. The normalized spacial score (nSPS) is 13.8. The van der Waals surface area contributed by atoms with Crippen LogP contribution in [0.5, 0.6) is 23.0 Å². The quantitative estimate of drug-likeness (QED) is 0.384. The van der Waals surface area contributed by atoms with Crippen LogP contribution in [0.15, 0.2) is 35.4 Å². The van der Waals surface area contributed by atoms with E-state index in [-0.39, 0.29) is 0 Å². The van der Waals surface area contributed by atoms with E-state index in [1.165, 1.54) is 27.7 Å². The van der Waals surface area contributed by atoms with E-state index in [2.05, 4.69) is 0 Å². The summed E-state index contributed by atoms with van der Waals surface area (Å²) in [5.41, 5.74) is 5.29. The summed E-state index contributed by atoms with van der Waals surface area (Å²) in [6.07, 6.45) is 1.89. The van der Waals surface area contributed by atoms with Gasteiger partial charge in [0.05, 0.1) is 0 Å². The van der Waals surface area contributed by atoms with Gasteiger partial charge in [-0.25, -0.2) is 0 Å². The summed E-state index contributed by atoms with van der Waals surface area (Å²) < 4.78 is 21.7. The molecule has 2 aliphatic rings. The summed E-state index contributed by atoms with van der Waals surface area (Å²) in [4.78, 5) is 46.7. The molecule has 0 aliphatic heterocycles.